The van der Waals surface area contributed by atoms with E-state index in [9.17, 15) is 9.59 Å². The van der Waals surface area contributed by atoms with Crippen molar-refractivity contribution in [1.29, 1.82) is 0 Å². The fourth-order valence-corrected chi connectivity index (χ4v) is 0.657. The van der Waals surface area contributed by atoms with Gasteiger partial charge in [0.2, 0.25) is 0 Å². The van der Waals surface area contributed by atoms with Crippen molar-refractivity contribution >= 4 is 11.9 Å². The van der Waals surface area contributed by atoms with E-state index < -0.39 is 11.9 Å². The van der Waals surface area contributed by atoms with Gasteiger partial charge >= 0.3 is 11.9 Å². The van der Waals surface area contributed by atoms with Gasteiger partial charge in [-0.25, -0.2) is 4.79 Å². The van der Waals surface area contributed by atoms with E-state index in [1.807, 2.05) is 13.8 Å². The molecule has 0 unspecified atom stereocenters. The number of carbonyl (C=O) groups excluding carboxylic acids is 2. The van der Waals surface area contributed by atoms with Crippen LogP contribution in [0.4, 0.5) is 0 Å². The molecule has 0 saturated carbocycles. The number of carbonyl (C=O) groups is 2. The van der Waals surface area contributed by atoms with Crippen LogP contribution in [-0.4, -0.2) is 19.0 Å². The van der Waals surface area contributed by atoms with E-state index in [1.54, 1.807) is 38.2 Å². The topological polar surface area (TPSA) is 55.4 Å². The Labute approximate surface area is 116 Å². The van der Waals surface area contributed by atoms with Crippen LogP contribution in [0.5, 0.6) is 0 Å². The third-order valence-corrected chi connectivity index (χ3v) is 1.35. The quantitative estimate of drug-likeness (QED) is 0.369. The molecule has 0 rings (SSSR count). The number of nitrogens with one attached hydrogen (secondary N) is 1. The number of terminal acetylenes is 1. The van der Waals surface area contributed by atoms with Crippen LogP contribution in [0.25, 0.3) is 0 Å². The molecule has 4 nitrogen and oxygen atoms in total. The highest BCUT2D eigenvalue weighted by molar-refractivity contribution is 6.32. The molecule has 0 fully saturated rings. The monoisotopic (exact) mass is 265 g/mol. The molecule has 0 saturated heterocycles. The minimum Gasteiger partial charge on any atom is -0.462 e. The summed E-state index contributed by atoms with van der Waals surface area (Å²) in [6, 6.07) is 0. The summed E-state index contributed by atoms with van der Waals surface area (Å²) in [5, 5.41) is 2.37. The van der Waals surface area contributed by atoms with Gasteiger partial charge in [-0.2, -0.15) is 0 Å². The van der Waals surface area contributed by atoms with Crippen molar-refractivity contribution in [2.75, 3.05) is 7.11 Å². The van der Waals surface area contributed by atoms with Gasteiger partial charge in [0.25, 0.3) is 0 Å². The predicted octanol–water partition coefficient (Wildman–Crippen LogP) is 2.59. The van der Waals surface area contributed by atoms with Crippen molar-refractivity contribution in [2.45, 2.75) is 27.7 Å². The first-order valence-corrected chi connectivity index (χ1v) is 5.79. The number of ether oxygens (including phenoxy) is 1. The smallest absolute Gasteiger partial charge is 0.396 e. The Hall–Kier alpha value is -2.28. The SMILES string of the molecule is C#CC.C=C/C=C\C(=C/C)NC(=O)C(=O)OC.CC. The van der Waals surface area contributed by atoms with Crippen LogP contribution in [0.3, 0.4) is 0 Å². The van der Waals surface area contributed by atoms with E-state index in [-0.39, 0.29) is 0 Å². The first-order chi connectivity index (χ1) is 9.06. The molecule has 0 atom stereocenters. The van der Waals surface area contributed by atoms with Gasteiger partial charge in [0.15, 0.2) is 0 Å². The zero-order valence-corrected chi connectivity index (χ0v) is 12.3. The molecule has 4 heteroatoms. The largest absolute Gasteiger partial charge is 0.462 e. The molecule has 1 N–H and O–H groups in total. The third kappa shape index (κ3) is 15.7. The van der Waals surface area contributed by atoms with Crippen molar-refractivity contribution in [1.82, 2.24) is 5.32 Å². The molecule has 0 radical (unpaired) electrons. The molecule has 0 aliphatic heterocycles. The second-order valence-corrected chi connectivity index (χ2v) is 2.57. The summed E-state index contributed by atoms with van der Waals surface area (Å²) in [5.41, 5.74) is 0.514. The van der Waals surface area contributed by atoms with Crippen molar-refractivity contribution in [3.63, 3.8) is 0 Å². The zero-order valence-electron chi connectivity index (χ0n) is 12.3. The molecular formula is C15H23NO3. The lowest BCUT2D eigenvalue weighted by molar-refractivity contribution is -0.152. The van der Waals surface area contributed by atoms with Crippen LogP contribution in [0.2, 0.25) is 0 Å². The molecule has 106 valence electrons. The van der Waals surface area contributed by atoms with Crippen LogP contribution < -0.4 is 5.32 Å². The molecule has 0 spiro atoms. The Balaban J connectivity index is -0.000000445. The van der Waals surface area contributed by atoms with Crippen molar-refractivity contribution in [3.8, 4) is 12.3 Å². The van der Waals surface area contributed by atoms with Gasteiger partial charge in [0, 0.05) is 5.70 Å². The summed E-state index contributed by atoms with van der Waals surface area (Å²) in [6.07, 6.45) is 11.1. The van der Waals surface area contributed by atoms with Crippen LogP contribution in [0.1, 0.15) is 27.7 Å². The summed E-state index contributed by atoms with van der Waals surface area (Å²) >= 11 is 0. The van der Waals surface area contributed by atoms with E-state index in [0.717, 1.165) is 7.11 Å². The molecule has 19 heavy (non-hydrogen) atoms. The third-order valence-electron chi connectivity index (χ3n) is 1.35. The van der Waals surface area contributed by atoms with Gasteiger partial charge in [-0.05, 0) is 19.9 Å². The Kier molecular flexibility index (Phi) is 20.9. The van der Waals surface area contributed by atoms with Gasteiger partial charge in [0.05, 0.1) is 7.11 Å². The van der Waals surface area contributed by atoms with Gasteiger partial charge in [-0.3, -0.25) is 4.79 Å². The first-order valence-electron chi connectivity index (χ1n) is 5.79. The number of esters is 1. The number of rotatable bonds is 3. The summed E-state index contributed by atoms with van der Waals surface area (Å²) in [4.78, 5) is 21.8. The molecule has 0 bridgehead atoms. The number of methoxy groups -OCH3 is 1. The minimum atomic E-state index is -0.920. The molecule has 0 heterocycles. The molecule has 0 aromatic heterocycles. The summed E-state index contributed by atoms with van der Waals surface area (Å²) in [6.45, 7) is 10.9. The van der Waals surface area contributed by atoms with Crippen LogP contribution in [0, 0.1) is 12.3 Å². The lowest BCUT2D eigenvalue weighted by atomic mass is 10.3. The fraction of sp³-hybridized carbons (Fsp3) is 0.333. The van der Waals surface area contributed by atoms with Gasteiger partial charge in [-0.15, -0.1) is 12.3 Å². The van der Waals surface area contributed by atoms with Gasteiger partial charge < -0.3 is 10.1 Å². The van der Waals surface area contributed by atoms with Crippen molar-refractivity contribution in [3.05, 3.63) is 36.6 Å². The predicted molar refractivity (Wildman–Crippen MR) is 79.1 cm³/mol. The van der Waals surface area contributed by atoms with Crippen LogP contribution >= 0.6 is 0 Å². The average molecular weight is 265 g/mol. The fourth-order valence-electron chi connectivity index (χ4n) is 0.657. The summed E-state index contributed by atoms with van der Waals surface area (Å²) in [5.74, 6) is 0.533. The van der Waals surface area contributed by atoms with Gasteiger partial charge in [0.1, 0.15) is 0 Å². The number of amides is 1. The molecule has 0 aromatic rings. The van der Waals surface area contributed by atoms with Crippen molar-refractivity contribution in [2.24, 2.45) is 0 Å². The second kappa shape index (κ2) is 18.1. The van der Waals surface area contributed by atoms with E-state index in [4.69, 9.17) is 0 Å². The Morgan fingerprint density at radius 2 is 1.84 bits per heavy atom. The molecular weight excluding hydrogens is 242 g/mol. The minimum absolute atomic E-state index is 0.514. The molecule has 0 aromatic carbocycles. The second-order valence-electron chi connectivity index (χ2n) is 2.57. The molecule has 1 amide bonds. The molecule has 0 aliphatic rings. The van der Waals surface area contributed by atoms with Crippen molar-refractivity contribution < 1.29 is 14.3 Å². The van der Waals surface area contributed by atoms with Gasteiger partial charge in [-0.1, -0.05) is 38.7 Å². The highest BCUT2D eigenvalue weighted by Crippen LogP contribution is 1.92. The zero-order chi connectivity index (χ0) is 15.7. The Morgan fingerprint density at radius 3 is 2.16 bits per heavy atom. The average Bonchev–Trinajstić information content (AvgIpc) is 2.45. The Bertz CT molecular complexity index is 360. The number of allylic oxidation sites excluding steroid dienone is 4. The highest BCUT2D eigenvalue weighted by Gasteiger charge is 2.13. The maximum atomic E-state index is 11.0. The van der Waals surface area contributed by atoms with Crippen LogP contribution in [0.15, 0.2) is 36.6 Å². The number of hydrogen-bond acceptors (Lipinski definition) is 3. The highest BCUT2D eigenvalue weighted by atomic mass is 16.5. The summed E-state index contributed by atoms with van der Waals surface area (Å²) in [7, 11) is 1.15. The van der Waals surface area contributed by atoms with Crippen LogP contribution in [-0.2, 0) is 14.3 Å². The van der Waals surface area contributed by atoms with E-state index in [1.165, 1.54) is 0 Å². The van der Waals surface area contributed by atoms with E-state index in [0.29, 0.717) is 5.70 Å². The number of hydrogen-bond donors (Lipinski definition) is 1. The normalized spacial score (nSPS) is 8.95. The standard InChI is InChI=1S/C10H13NO3.C3H4.C2H6/c1-4-6-7-8(5-2)11-9(12)10(13)14-3;1-3-2;1-2/h4-7H,1H2,2-3H3,(H,11,12);1H,2H3;1-2H3/b7-6-,8-5+;;. The van der Waals surface area contributed by atoms with E-state index >= 15 is 0 Å². The maximum Gasteiger partial charge on any atom is 0.396 e. The van der Waals surface area contributed by atoms with E-state index in [2.05, 4.69) is 29.0 Å². The maximum absolute atomic E-state index is 11.0. The first kappa shape index (κ1) is 21.9. The Morgan fingerprint density at radius 1 is 1.37 bits per heavy atom. The summed E-state index contributed by atoms with van der Waals surface area (Å²) < 4.78 is 4.24. The molecule has 0 aliphatic carbocycles. The lowest BCUT2D eigenvalue weighted by Gasteiger charge is -2.02. The lowest BCUT2D eigenvalue weighted by Crippen LogP contribution is -2.30.